The summed E-state index contributed by atoms with van der Waals surface area (Å²) < 4.78 is 4.02. The van der Waals surface area contributed by atoms with Crippen molar-refractivity contribution < 1.29 is 9.72 Å². The Morgan fingerprint density at radius 3 is 2.75 bits per heavy atom. The number of aryl methyl sites for hydroxylation is 2. The molecule has 0 aliphatic carbocycles. The monoisotopic (exact) mass is 398 g/mol. The molecular formula is C14H19BrN6O3. The van der Waals surface area contributed by atoms with Gasteiger partial charge in [-0.15, -0.1) is 0 Å². The third kappa shape index (κ3) is 3.48. The zero-order valence-corrected chi connectivity index (χ0v) is 15.5. The van der Waals surface area contributed by atoms with Gasteiger partial charge in [0.05, 0.1) is 39.8 Å². The van der Waals surface area contributed by atoms with E-state index in [0.29, 0.717) is 18.8 Å². The van der Waals surface area contributed by atoms with Crippen LogP contribution in [0.15, 0.2) is 16.7 Å². The highest BCUT2D eigenvalue weighted by molar-refractivity contribution is 9.10. The van der Waals surface area contributed by atoms with Crippen molar-refractivity contribution in [1.82, 2.24) is 24.5 Å². The van der Waals surface area contributed by atoms with Crippen molar-refractivity contribution in [2.24, 2.45) is 0 Å². The van der Waals surface area contributed by atoms with E-state index in [-0.39, 0.29) is 11.7 Å². The first-order valence-electron chi connectivity index (χ1n) is 7.42. The Bertz CT molecular complexity index is 769. The number of hydrogen-bond donors (Lipinski definition) is 0. The number of halogens is 1. The zero-order chi connectivity index (χ0) is 18.0. The molecule has 0 saturated carbocycles. The Labute approximate surface area is 147 Å². The second-order valence-electron chi connectivity index (χ2n) is 5.47. The highest BCUT2D eigenvalue weighted by atomic mass is 79.9. The molecule has 24 heavy (non-hydrogen) atoms. The van der Waals surface area contributed by atoms with E-state index in [4.69, 9.17) is 0 Å². The molecule has 0 radical (unpaired) electrons. The van der Waals surface area contributed by atoms with Crippen LogP contribution in [0.3, 0.4) is 0 Å². The van der Waals surface area contributed by atoms with Gasteiger partial charge in [0, 0.05) is 13.6 Å². The molecular weight excluding hydrogens is 380 g/mol. The van der Waals surface area contributed by atoms with E-state index in [2.05, 4.69) is 26.1 Å². The highest BCUT2D eigenvalue weighted by Crippen LogP contribution is 2.21. The summed E-state index contributed by atoms with van der Waals surface area (Å²) in [6.45, 7) is 6.41. The van der Waals surface area contributed by atoms with Gasteiger partial charge in [0.2, 0.25) is 5.91 Å². The normalized spacial score (nSPS) is 12.2. The van der Waals surface area contributed by atoms with E-state index in [1.54, 1.807) is 32.0 Å². The number of rotatable bonds is 6. The summed E-state index contributed by atoms with van der Waals surface area (Å²) in [5.41, 5.74) is 1.46. The van der Waals surface area contributed by atoms with Crippen LogP contribution in [0.25, 0.3) is 0 Å². The van der Waals surface area contributed by atoms with E-state index in [9.17, 15) is 14.9 Å². The van der Waals surface area contributed by atoms with Gasteiger partial charge in [0.25, 0.3) is 0 Å². The molecule has 10 heteroatoms. The van der Waals surface area contributed by atoms with Gasteiger partial charge in [-0.05, 0) is 41.6 Å². The summed E-state index contributed by atoms with van der Waals surface area (Å²) in [6, 6.07) is 0.715. The standard InChI is InChI=1S/C14H19BrN6O3/c1-5-19-12(11(15)7-16-19)8-18(4)14(22)10(3)20-9(2)6-13(17-20)21(23)24/h6-7,10H,5,8H2,1-4H3. The van der Waals surface area contributed by atoms with Crippen molar-refractivity contribution >= 4 is 27.7 Å². The number of likely N-dealkylation sites (N-methyl/N-ethyl adjacent to an activating group) is 1. The smallest absolute Gasteiger partial charge is 0.358 e. The first kappa shape index (κ1) is 18.1. The highest BCUT2D eigenvalue weighted by Gasteiger charge is 2.27. The van der Waals surface area contributed by atoms with Crippen molar-refractivity contribution in [2.75, 3.05) is 7.05 Å². The maximum absolute atomic E-state index is 12.7. The van der Waals surface area contributed by atoms with Crippen LogP contribution < -0.4 is 0 Å². The number of nitro groups is 1. The lowest BCUT2D eigenvalue weighted by atomic mass is 10.2. The van der Waals surface area contributed by atoms with E-state index < -0.39 is 11.0 Å². The van der Waals surface area contributed by atoms with Crippen LogP contribution in [-0.4, -0.2) is 42.3 Å². The van der Waals surface area contributed by atoms with E-state index in [0.717, 1.165) is 10.2 Å². The first-order valence-corrected chi connectivity index (χ1v) is 8.21. The Morgan fingerprint density at radius 1 is 1.54 bits per heavy atom. The van der Waals surface area contributed by atoms with Gasteiger partial charge < -0.3 is 15.0 Å². The quantitative estimate of drug-likeness (QED) is 0.548. The SMILES string of the molecule is CCn1ncc(Br)c1CN(C)C(=O)C(C)n1nc([N+](=O)[O-])cc1C. The number of aromatic nitrogens is 4. The number of hydrogen-bond acceptors (Lipinski definition) is 5. The largest absolute Gasteiger partial charge is 0.390 e. The molecule has 2 rings (SSSR count). The fourth-order valence-electron chi connectivity index (χ4n) is 2.50. The molecule has 9 nitrogen and oxygen atoms in total. The van der Waals surface area contributed by atoms with Gasteiger partial charge in [0.1, 0.15) is 6.04 Å². The number of carbonyl (C=O) groups is 1. The van der Waals surface area contributed by atoms with Crippen molar-refractivity contribution in [3.8, 4) is 0 Å². The first-order chi connectivity index (χ1) is 11.3. The van der Waals surface area contributed by atoms with Crippen LogP contribution in [0.1, 0.15) is 31.3 Å². The molecule has 0 fully saturated rings. The average Bonchev–Trinajstić information content (AvgIpc) is 3.09. The second kappa shape index (κ2) is 7.12. The van der Waals surface area contributed by atoms with Crippen LogP contribution >= 0.6 is 15.9 Å². The van der Waals surface area contributed by atoms with Gasteiger partial charge in [-0.25, -0.2) is 0 Å². The van der Waals surface area contributed by atoms with Crippen molar-refractivity contribution in [1.29, 1.82) is 0 Å². The molecule has 0 aromatic carbocycles. The summed E-state index contributed by atoms with van der Waals surface area (Å²) in [5, 5.41) is 19.0. The van der Waals surface area contributed by atoms with E-state index in [1.807, 2.05) is 11.6 Å². The summed E-state index contributed by atoms with van der Waals surface area (Å²) >= 11 is 3.43. The Hall–Kier alpha value is -2.23. The van der Waals surface area contributed by atoms with Gasteiger partial charge in [-0.2, -0.15) is 9.78 Å². The van der Waals surface area contributed by atoms with E-state index >= 15 is 0 Å². The predicted octanol–water partition coefficient (Wildman–Crippen LogP) is 2.30. The maximum atomic E-state index is 12.7. The van der Waals surface area contributed by atoms with Crippen LogP contribution in [0.4, 0.5) is 5.82 Å². The minimum atomic E-state index is -0.638. The molecule has 1 amide bonds. The van der Waals surface area contributed by atoms with Gasteiger partial charge >= 0.3 is 5.82 Å². The van der Waals surface area contributed by atoms with Gasteiger partial charge in [-0.1, -0.05) is 0 Å². The lowest BCUT2D eigenvalue weighted by molar-refractivity contribution is -0.389. The van der Waals surface area contributed by atoms with Crippen LogP contribution in [0, 0.1) is 17.0 Å². The Morgan fingerprint density at radius 2 is 2.21 bits per heavy atom. The molecule has 0 saturated heterocycles. The van der Waals surface area contributed by atoms with Crippen LogP contribution in [0.2, 0.25) is 0 Å². The fraction of sp³-hybridized carbons (Fsp3) is 0.500. The summed E-state index contributed by atoms with van der Waals surface area (Å²) in [7, 11) is 1.69. The predicted molar refractivity (Wildman–Crippen MR) is 90.4 cm³/mol. The maximum Gasteiger partial charge on any atom is 0.390 e. The molecule has 1 atom stereocenters. The molecule has 0 bridgehead atoms. The summed E-state index contributed by atoms with van der Waals surface area (Å²) in [6.07, 6.45) is 1.70. The lowest BCUT2D eigenvalue weighted by Crippen LogP contribution is -2.34. The summed E-state index contributed by atoms with van der Waals surface area (Å²) in [4.78, 5) is 24.5. The molecule has 0 spiro atoms. The Kier molecular flexibility index (Phi) is 5.37. The minimum absolute atomic E-state index is 0.188. The topological polar surface area (TPSA) is 99.1 Å². The average molecular weight is 399 g/mol. The van der Waals surface area contributed by atoms with Gasteiger partial charge in [0.15, 0.2) is 0 Å². The molecule has 0 aliphatic rings. The van der Waals surface area contributed by atoms with Crippen molar-refractivity contribution in [3.63, 3.8) is 0 Å². The zero-order valence-electron chi connectivity index (χ0n) is 13.9. The molecule has 2 aromatic rings. The third-order valence-electron chi connectivity index (χ3n) is 3.78. The number of carbonyl (C=O) groups excluding carboxylic acids is 1. The van der Waals surface area contributed by atoms with E-state index in [1.165, 1.54) is 10.7 Å². The fourth-order valence-corrected chi connectivity index (χ4v) is 2.92. The summed E-state index contributed by atoms with van der Waals surface area (Å²) in [5.74, 6) is -0.451. The minimum Gasteiger partial charge on any atom is -0.358 e. The molecule has 2 aromatic heterocycles. The molecule has 1 unspecified atom stereocenters. The number of nitrogens with zero attached hydrogens (tertiary/aromatic N) is 6. The molecule has 0 N–H and O–H groups in total. The van der Waals surface area contributed by atoms with Crippen LogP contribution in [-0.2, 0) is 17.9 Å². The molecule has 2 heterocycles. The van der Waals surface area contributed by atoms with Crippen LogP contribution in [0.5, 0.6) is 0 Å². The molecule has 130 valence electrons. The molecule has 0 aliphatic heterocycles. The Balaban J connectivity index is 2.18. The van der Waals surface area contributed by atoms with Crippen molar-refractivity contribution in [3.05, 3.63) is 38.2 Å². The third-order valence-corrected chi connectivity index (χ3v) is 4.44. The van der Waals surface area contributed by atoms with Gasteiger partial charge in [-0.3, -0.25) is 9.48 Å². The lowest BCUT2D eigenvalue weighted by Gasteiger charge is -2.21. The second-order valence-corrected chi connectivity index (χ2v) is 6.33. The van der Waals surface area contributed by atoms with Crippen molar-refractivity contribution in [2.45, 2.75) is 39.9 Å². The number of amides is 1.